The molecule has 30 heavy (non-hydrogen) atoms. The topological polar surface area (TPSA) is 87.7 Å². The number of benzene rings is 2. The molecule has 0 aliphatic heterocycles. The number of alkyl halides is 3. The fraction of sp³-hybridized carbons (Fsp3) is 0.190. The maximum atomic E-state index is 12.6. The minimum absolute atomic E-state index is 0.0657. The third-order valence-corrected chi connectivity index (χ3v) is 4.36. The van der Waals surface area contributed by atoms with Crippen LogP contribution in [0.2, 0.25) is 0 Å². The van der Waals surface area contributed by atoms with Gasteiger partial charge in [-0.15, -0.1) is 0 Å². The second-order valence-corrected chi connectivity index (χ2v) is 6.57. The van der Waals surface area contributed by atoms with Crippen LogP contribution in [0.5, 0.6) is 5.75 Å². The summed E-state index contributed by atoms with van der Waals surface area (Å²) in [5.74, 6) is -0.504. The molecule has 0 aliphatic carbocycles. The number of fused-ring (bicyclic) bond motifs is 1. The first-order valence-corrected chi connectivity index (χ1v) is 8.87. The molecule has 6 nitrogen and oxygen atoms in total. The van der Waals surface area contributed by atoms with E-state index in [9.17, 15) is 18.0 Å². The van der Waals surface area contributed by atoms with Crippen molar-refractivity contribution in [1.29, 1.82) is 5.41 Å². The van der Waals surface area contributed by atoms with Gasteiger partial charge in [0.25, 0.3) is 0 Å². The van der Waals surface area contributed by atoms with E-state index in [0.717, 1.165) is 17.5 Å². The van der Waals surface area contributed by atoms with Gasteiger partial charge in [0.15, 0.2) is 0 Å². The van der Waals surface area contributed by atoms with E-state index in [0.29, 0.717) is 22.7 Å². The number of halogens is 3. The van der Waals surface area contributed by atoms with Gasteiger partial charge >= 0.3 is 12.1 Å². The quantitative estimate of drug-likeness (QED) is 0.534. The first-order valence-electron chi connectivity index (χ1n) is 8.87. The van der Waals surface area contributed by atoms with Crippen molar-refractivity contribution in [2.75, 3.05) is 6.61 Å². The van der Waals surface area contributed by atoms with Crippen molar-refractivity contribution in [2.24, 2.45) is 4.99 Å². The molecule has 2 N–H and O–H groups in total. The van der Waals surface area contributed by atoms with Crippen molar-refractivity contribution in [3.63, 3.8) is 0 Å². The van der Waals surface area contributed by atoms with Crippen LogP contribution in [0.15, 0.2) is 59.7 Å². The van der Waals surface area contributed by atoms with Crippen molar-refractivity contribution in [2.45, 2.75) is 19.6 Å². The van der Waals surface area contributed by atoms with Gasteiger partial charge in [0.1, 0.15) is 18.9 Å². The summed E-state index contributed by atoms with van der Waals surface area (Å²) < 4.78 is 45.0. The molecule has 2 aromatic carbocycles. The Hall–Kier alpha value is -3.62. The number of aliphatic carboxylic acids is 1. The monoisotopic (exact) mass is 417 g/mol. The molecule has 0 unspecified atom stereocenters. The number of ether oxygens (including phenoxy) is 1. The van der Waals surface area contributed by atoms with Crippen LogP contribution < -0.4 is 4.74 Å². The minimum Gasteiger partial charge on any atom is -0.487 e. The smallest absolute Gasteiger partial charge is 0.416 e. The number of carboxylic acids is 1. The fourth-order valence-corrected chi connectivity index (χ4v) is 2.78. The van der Waals surface area contributed by atoms with Crippen LogP contribution in [0, 0.1) is 5.41 Å². The Bertz CT molecular complexity index is 1120. The average molecular weight is 417 g/mol. The molecule has 1 aromatic heterocycles. The average Bonchev–Trinajstić information content (AvgIpc) is 3.07. The highest BCUT2D eigenvalue weighted by atomic mass is 19.4. The molecule has 156 valence electrons. The van der Waals surface area contributed by atoms with Gasteiger partial charge < -0.3 is 14.4 Å². The van der Waals surface area contributed by atoms with Gasteiger partial charge in [-0.3, -0.25) is 15.2 Å². The van der Waals surface area contributed by atoms with E-state index >= 15 is 0 Å². The predicted molar refractivity (Wildman–Crippen MR) is 107 cm³/mol. The molecule has 3 aromatic rings. The van der Waals surface area contributed by atoms with Crippen LogP contribution in [0.25, 0.3) is 10.9 Å². The van der Waals surface area contributed by atoms with E-state index in [1.807, 2.05) is 0 Å². The summed E-state index contributed by atoms with van der Waals surface area (Å²) in [6, 6.07) is 11.3. The lowest BCUT2D eigenvalue weighted by atomic mass is 10.2. The van der Waals surface area contributed by atoms with Gasteiger partial charge in [0, 0.05) is 12.3 Å². The number of aromatic nitrogens is 1. The molecule has 0 radical (unpaired) electrons. The second kappa shape index (κ2) is 8.40. The Morgan fingerprint density at radius 3 is 2.50 bits per heavy atom. The van der Waals surface area contributed by atoms with Crippen LogP contribution in [0.1, 0.15) is 12.5 Å². The third-order valence-electron chi connectivity index (χ3n) is 4.36. The minimum atomic E-state index is -4.41. The summed E-state index contributed by atoms with van der Waals surface area (Å²) >= 11 is 0. The van der Waals surface area contributed by atoms with Crippen molar-refractivity contribution in [3.8, 4) is 5.75 Å². The molecule has 0 saturated heterocycles. The van der Waals surface area contributed by atoms with E-state index in [4.69, 9.17) is 15.3 Å². The summed E-state index contributed by atoms with van der Waals surface area (Å²) in [5, 5.41) is 17.9. The lowest BCUT2D eigenvalue weighted by Crippen LogP contribution is -2.18. The van der Waals surface area contributed by atoms with Crippen LogP contribution >= 0.6 is 0 Å². The number of hydrogen-bond donors (Lipinski definition) is 2. The summed E-state index contributed by atoms with van der Waals surface area (Å²) in [6.45, 7) is 1.30. The molecule has 0 saturated carbocycles. The van der Waals surface area contributed by atoms with Crippen molar-refractivity contribution in [1.82, 2.24) is 4.57 Å². The summed E-state index contributed by atoms with van der Waals surface area (Å²) in [6.07, 6.45) is -2.74. The number of carbonyl (C=O) groups is 1. The Labute approximate surface area is 169 Å². The molecule has 0 aliphatic rings. The van der Waals surface area contributed by atoms with E-state index in [-0.39, 0.29) is 18.9 Å². The summed E-state index contributed by atoms with van der Waals surface area (Å²) in [4.78, 5) is 15.1. The molecule has 0 atom stereocenters. The maximum Gasteiger partial charge on any atom is 0.416 e. The third kappa shape index (κ3) is 5.05. The van der Waals surface area contributed by atoms with Crippen molar-refractivity contribution >= 4 is 34.0 Å². The lowest BCUT2D eigenvalue weighted by molar-refractivity contribution is -0.138. The van der Waals surface area contributed by atoms with Crippen molar-refractivity contribution in [3.05, 3.63) is 60.3 Å². The van der Waals surface area contributed by atoms with Gasteiger partial charge in [-0.1, -0.05) is 0 Å². The summed E-state index contributed by atoms with van der Waals surface area (Å²) in [5.41, 5.74) is 0.608. The molecule has 0 fully saturated rings. The predicted octanol–water partition coefficient (Wildman–Crippen LogP) is 4.94. The Balaban J connectivity index is 1.67. The molecule has 1 heterocycles. The standard InChI is InChI=1S/C21H18F3N3O3/c1-13(26-16-5-3-15(4-6-16)21(22,23)24)18(25)12-30-17-7-2-14-8-9-27(11-20(28)29)19(14)10-17/h2-10,25H,11-12H2,1H3,(H,28,29). The SMILES string of the molecule is CC(=Nc1ccc(C(F)(F)F)cc1)C(=N)COc1ccc2ccn(CC(=O)O)c2c1. The molecule has 9 heteroatoms. The van der Waals surface area contributed by atoms with E-state index in [1.165, 1.54) is 12.1 Å². The van der Waals surface area contributed by atoms with E-state index < -0.39 is 17.7 Å². The van der Waals surface area contributed by atoms with Crippen LogP contribution in [0.4, 0.5) is 18.9 Å². The first-order chi connectivity index (χ1) is 14.1. The maximum absolute atomic E-state index is 12.6. The second-order valence-electron chi connectivity index (χ2n) is 6.57. The zero-order valence-electron chi connectivity index (χ0n) is 15.9. The van der Waals surface area contributed by atoms with E-state index in [2.05, 4.69) is 4.99 Å². The summed E-state index contributed by atoms with van der Waals surface area (Å²) in [7, 11) is 0. The number of nitrogens with one attached hydrogen (secondary N) is 1. The van der Waals surface area contributed by atoms with Gasteiger partial charge in [-0.2, -0.15) is 13.2 Å². The van der Waals surface area contributed by atoms with Crippen LogP contribution in [-0.2, 0) is 17.5 Å². The number of hydrogen-bond acceptors (Lipinski definition) is 4. The number of nitrogens with zero attached hydrogens (tertiary/aromatic N) is 2. The highest BCUT2D eigenvalue weighted by molar-refractivity contribution is 6.41. The Kier molecular flexibility index (Phi) is 5.91. The van der Waals surface area contributed by atoms with Gasteiger partial charge in [-0.25, -0.2) is 0 Å². The lowest BCUT2D eigenvalue weighted by Gasteiger charge is -2.09. The fourth-order valence-electron chi connectivity index (χ4n) is 2.78. The van der Waals surface area contributed by atoms with Gasteiger partial charge in [0.2, 0.25) is 0 Å². The molecular formula is C21H18F3N3O3. The first kappa shape index (κ1) is 21.1. The number of carboxylic acid groups (broad SMARTS) is 1. The molecule has 0 amide bonds. The highest BCUT2D eigenvalue weighted by Crippen LogP contribution is 2.30. The van der Waals surface area contributed by atoms with Gasteiger partial charge in [0.05, 0.1) is 28.2 Å². The molecular weight excluding hydrogens is 399 g/mol. The molecule has 0 bridgehead atoms. The van der Waals surface area contributed by atoms with Crippen molar-refractivity contribution < 1.29 is 27.8 Å². The largest absolute Gasteiger partial charge is 0.487 e. The highest BCUT2D eigenvalue weighted by Gasteiger charge is 2.29. The van der Waals surface area contributed by atoms with E-state index in [1.54, 1.807) is 42.0 Å². The number of rotatable bonds is 7. The Morgan fingerprint density at radius 2 is 1.87 bits per heavy atom. The molecule has 3 rings (SSSR count). The zero-order valence-corrected chi connectivity index (χ0v) is 15.9. The Morgan fingerprint density at radius 1 is 1.17 bits per heavy atom. The van der Waals surface area contributed by atoms with Gasteiger partial charge in [-0.05, 0) is 54.8 Å². The normalized spacial score (nSPS) is 12.2. The number of aliphatic imine (C=N–C) groups is 1. The molecule has 0 spiro atoms. The van der Waals surface area contributed by atoms with Crippen LogP contribution in [0.3, 0.4) is 0 Å². The van der Waals surface area contributed by atoms with Crippen LogP contribution in [-0.4, -0.2) is 33.7 Å². The zero-order chi connectivity index (χ0) is 21.9.